The Kier molecular flexibility index (Phi) is 5.70. The van der Waals surface area contributed by atoms with Crippen LogP contribution < -0.4 is 10.1 Å². The standard InChI is InChI=1S/C18H16F2N4O2S/c1-24-17(11-3-5-15(26-2)6-4-11)22-23-18(24)27-10-16(25)21-14-8-12(19)7-13(20)9-14/h3-9H,10H2,1-2H3,(H,21,25). The smallest absolute Gasteiger partial charge is 0.234 e. The molecule has 0 saturated carbocycles. The van der Waals surface area contributed by atoms with E-state index < -0.39 is 17.5 Å². The van der Waals surface area contributed by atoms with Gasteiger partial charge in [-0.2, -0.15) is 0 Å². The fourth-order valence-electron chi connectivity index (χ4n) is 2.39. The minimum absolute atomic E-state index is 0.0206. The van der Waals surface area contributed by atoms with Gasteiger partial charge >= 0.3 is 0 Å². The van der Waals surface area contributed by atoms with E-state index in [1.807, 2.05) is 24.3 Å². The number of halogens is 2. The summed E-state index contributed by atoms with van der Waals surface area (Å²) in [6, 6.07) is 10.2. The monoisotopic (exact) mass is 390 g/mol. The van der Waals surface area contributed by atoms with Crippen LogP contribution >= 0.6 is 11.8 Å². The highest BCUT2D eigenvalue weighted by Crippen LogP contribution is 2.24. The second-order valence-corrected chi connectivity index (χ2v) is 6.53. The summed E-state index contributed by atoms with van der Waals surface area (Å²) < 4.78 is 33.2. The van der Waals surface area contributed by atoms with E-state index in [9.17, 15) is 13.6 Å². The van der Waals surface area contributed by atoms with Crippen LogP contribution in [0.1, 0.15) is 0 Å². The molecule has 0 atom stereocenters. The Labute approximate surface area is 158 Å². The lowest BCUT2D eigenvalue weighted by Crippen LogP contribution is -2.14. The van der Waals surface area contributed by atoms with Crippen molar-refractivity contribution in [3.63, 3.8) is 0 Å². The normalized spacial score (nSPS) is 10.7. The Morgan fingerprint density at radius 2 is 1.81 bits per heavy atom. The Balaban J connectivity index is 1.64. The number of methoxy groups -OCH3 is 1. The topological polar surface area (TPSA) is 69.0 Å². The largest absolute Gasteiger partial charge is 0.497 e. The molecular weight excluding hydrogens is 374 g/mol. The van der Waals surface area contributed by atoms with Crippen molar-refractivity contribution in [3.05, 3.63) is 54.1 Å². The van der Waals surface area contributed by atoms with Crippen molar-refractivity contribution in [2.75, 3.05) is 18.2 Å². The molecule has 1 heterocycles. The van der Waals surface area contributed by atoms with Gasteiger partial charge in [-0.15, -0.1) is 10.2 Å². The highest BCUT2D eigenvalue weighted by atomic mass is 32.2. The maximum Gasteiger partial charge on any atom is 0.234 e. The van der Waals surface area contributed by atoms with Crippen molar-refractivity contribution in [1.29, 1.82) is 0 Å². The minimum atomic E-state index is -0.754. The van der Waals surface area contributed by atoms with Crippen molar-refractivity contribution in [3.8, 4) is 17.1 Å². The van der Waals surface area contributed by atoms with Crippen molar-refractivity contribution in [1.82, 2.24) is 14.8 Å². The summed E-state index contributed by atoms with van der Waals surface area (Å²) >= 11 is 1.17. The summed E-state index contributed by atoms with van der Waals surface area (Å²) in [5.41, 5.74) is 0.923. The van der Waals surface area contributed by atoms with Gasteiger partial charge in [0, 0.05) is 24.4 Å². The number of hydrogen-bond donors (Lipinski definition) is 1. The fraction of sp³-hybridized carbons (Fsp3) is 0.167. The molecule has 0 aliphatic carbocycles. The lowest BCUT2D eigenvalue weighted by atomic mass is 10.2. The molecule has 1 amide bonds. The van der Waals surface area contributed by atoms with Crippen LogP contribution in [0, 0.1) is 11.6 Å². The molecule has 0 aliphatic heterocycles. The number of benzene rings is 2. The second kappa shape index (κ2) is 8.17. The van der Waals surface area contributed by atoms with Gasteiger partial charge in [0.05, 0.1) is 12.9 Å². The molecule has 0 fully saturated rings. The summed E-state index contributed by atoms with van der Waals surface area (Å²) in [4.78, 5) is 12.0. The Morgan fingerprint density at radius 3 is 2.44 bits per heavy atom. The quantitative estimate of drug-likeness (QED) is 0.653. The molecule has 6 nitrogen and oxygen atoms in total. The molecule has 0 radical (unpaired) electrons. The molecule has 0 saturated heterocycles. The molecule has 0 unspecified atom stereocenters. The van der Waals surface area contributed by atoms with Crippen LogP contribution in [0.2, 0.25) is 0 Å². The molecule has 140 valence electrons. The summed E-state index contributed by atoms with van der Waals surface area (Å²) in [6.07, 6.45) is 0. The van der Waals surface area contributed by atoms with Crippen LogP contribution in [-0.4, -0.2) is 33.5 Å². The van der Waals surface area contributed by atoms with Gasteiger partial charge in [-0.3, -0.25) is 4.79 Å². The zero-order valence-corrected chi connectivity index (χ0v) is 15.4. The lowest BCUT2D eigenvalue weighted by molar-refractivity contribution is -0.113. The van der Waals surface area contributed by atoms with Crippen molar-refractivity contribution in [2.24, 2.45) is 7.05 Å². The van der Waals surface area contributed by atoms with Crippen LogP contribution in [0.3, 0.4) is 0 Å². The number of aromatic nitrogens is 3. The van der Waals surface area contributed by atoms with Crippen molar-refractivity contribution >= 4 is 23.4 Å². The van der Waals surface area contributed by atoms with Gasteiger partial charge < -0.3 is 14.6 Å². The number of carbonyl (C=O) groups excluding carboxylic acids is 1. The molecule has 9 heteroatoms. The molecule has 27 heavy (non-hydrogen) atoms. The summed E-state index contributed by atoms with van der Waals surface area (Å²) in [5, 5.41) is 11.2. The van der Waals surface area contributed by atoms with Gasteiger partial charge in [0.15, 0.2) is 11.0 Å². The third kappa shape index (κ3) is 4.62. The van der Waals surface area contributed by atoms with E-state index in [4.69, 9.17) is 4.74 Å². The van der Waals surface area contributed by atoms with Crippen LogP contribution in [0.4, 0.5) is 14.5 Å². The van der Waals surface area contributed by atoms with Gasteiger partial charge in [-0.25, -0.2) is 8.78 Å². The molecule has 3 rings (SSSR count). The molecule has 0 aliphatic rings. The summed E-state index contributed by atoms with van der Waals surface area (Å²) in [5.74, 6) is -0.509. The number of nitrogens with one attached hydrogen (secondary N) is 1. The number of hydrogen-bond acceptors (Lipinski definition) is 5. The molecular formula is C18H16F2N4O2S. The third-order valence-corrected chi connectivity index (χ3v) is 4.68. The van der Waals surface area contributed by atoms with Crippen LogP contribution in [0.5, 0.6) is 5.75 Å². The van der Waals surface area contributed by atoms with E-state index in [1.54, 1.807) is 18.7 Å². The third-order valence-electron chi connectivity index (χ3n) is 3.66. The first-order valence-electron chi connectivity index (χ1n) is 7.89. The maximum absolute atomic E-state index is 13.2. The predicted octanol–water partition coefficient (Wildman–Crippen LogP) is 3.50. The first kappa shape index (κ1) is 18.8. The number of ether oxygens (including phenoxy) is 1. The van der Waals surface area contributed by atoms with Crippen LogP contribution in [0.25, 0.3) is 11.4 Å². The number of amides is 1. The number of rotatable bonds is 6. The summed E-state index contributed by atoms with van der Waals surface area (Å²) in [6.45, 7) is 0. The van der Waals surface area contributed by atoms with Crippen molar-refractivity contribution in [2.45, 2.75) is 5.16 Å². The van der Waals surface area contributed by atoms with Gasteiger partial charge in [-0.1, -0.05) is 11.8 Å². The maximum atomic E-state index is 13.2. The molecule has 1 N–H and O–H groups in total. The number of carbonyl (C=O) groups is 1. The van der Waals surface area contributed by atoms with E-state index in [1.165, 1.54) is 11.8 Å². The first-order chi connectivity index (χ1) is 13.0. The van der Waals surface area contributed by atoms with Gasteiger partial charge in [0.25, 0.3) is 0 Å². The predicted molar refractivity (Wildman–Crippen MR) is 98.7 cm³/mol. The molecule has 1 aromatic heterocycles. The number of nitrogens with zero attached hydrogens (tertiary/aromatic N) is 3. The summed E-state index contributed by atoms with van der Waals surface area (Å²) in [7, 11) is 3.39. The van der Waals surface area contributed by atoms with E-state index in [0.717, 1.165) is 29.5 Å². The second-order valence-electron chi connectivity index (χ2n) is 5.59. The van der Waals surface area contributed by atoms with Crippen LogP contribution in [0.15, 0.2) is 47.6 Å². The zero-order chi connectivity index (χ0) is 19.4. The number of anilines is 1. The fourth-order valence-corrected chi connectivity index (χ4v) is 3.10. The Hall–Kier alpha value is -2.94. The Bertz CT molecular complexity index is 940. The SMILES string of the molecule is COc1ccc(-c2nnc(SCC(=O)Nc3cc(F)cc(F)c3)n2C)cc1. The van der Waals surface area contributed by atoms with Crippen LogP contribution in [-0.2, 0) is 11.8 Å². The Morgan fingerprint density at radius 1 is 1.15 bits per heavy atom. The van der Waals surface area contributed by atoms with Gasteiger partial charge in [-0.05, 0) is 36.4 Å². The molecule has 0 bridgehead atoms. The minimum Gasteiger partial charge on any atom is -0.497 e. The first-order valence-corrected chi connectivity index (χ1v) is 8.87. The zero-order valence-electron chi connectivity index (χ0n) is 14.6. The van der Waals surface area contributed by atoms with Gasteiger partial charge in [0.2, 0.25) is 5.91 Å². The molecule has 3 aromatic rings. The highest BCUT2D eigenvalue weighted by Gasteiger charge is 2.13. The molecule has 0 spiro atoms. The highest BCUT2D eigenvalue weighted by molar-refractivity contribution is 7.99. The lowest BCUT2D eigenvalue weighted by Gasteiger charge is -2.06. The van der Waals surface area contributed by atoms with E-state index in [0.29, 0.717) is 11.0 Å². The van der Waals surface area contributed by atoms with E-state index in [2.05, 4.69) is 15.5 Å². The van der Waals surface area contributed by atoms with E-state index >= 15 is 0 Å². The number of thioether (sulfide) groups is 1. The average Bonchev–Trinajstić information content (AvgIpc) is 3.00. The average molecular weight is 390 g/mol. The molecule has 2 aromatic carbocycles. The van der Waals surface area contributed by atoms with E-state index in [-0.39, 0.29) is 11.4 Å². The van der Waals surface area contributed by atoms with Gasteiger partial charge in [0.1, 0.15) is 17.4 Å². The van der Waals surface area contributed by atoms with Crippen molar-refractivity contribution < 1.29 is 18.3 Å².